The lowest BCUT2D eigenvalue weighted by molar-refractivity contribution is 0.0131. The predicted molar refractivity (Wildman–Crippen MR) is 61.9 cm³/mol. The average molecular weight is 265 g/mol. The number of hydrogen-bond acceptors (Lipinski definition) is 2. The molecule has 1 rings (SSSR count). The van der Waals surface area contributed by atoms with Crippen molar-refractivity contribution in [2.45, 2.75) is 26.2 Å². The number of hydrogen-bond donors (Lipinski definition) is 0. The zero-order valence-electron chi connectivity index (χ0n) is 9.01. The van der Waals surface area contributed by atoms with Crippen molar-refractivity contribution in [2.24, 2.45) is 11.8 Å². The first kappa shape index (κ1) is 12.5. The fraction of sp³-hybridized carbons (Fsp3) is 1.00. The molecule has 0 aromatic rings. The van der Waals surface area contributed by atoms with E-state index in [0.29, 0.717) is 5.92 Å². The SMILES string of the molecule is CCC(CBr)COCC1CCOCC1. The molecule has 0 aliphatic carbocycles. The Labute approximate surface area is 95.5 Å². The van der Waals surface area contributed by atoms with Crippen LogP contribution in [0.25, 0.3) is 0 Å². The van der Waals surface area contributed by atoms with Gasteiger partial charge in [-0.2, -0.15) is 0 Å². The Morgan fingerprint density at radius 3 is 2.71 bits per heavy atom. The van der Waals surface area contributed by atoms with E-state index in [2.05, 4.69) is 22.9 Å². The van der Waals surface area contributed by atoms with Crippen LogP contribution in [-0.2, 0) is 9.47 Å². The minimum atomic E-state index is 0.676. The molecule has 0 aromatic carbocycles. The Kier molecular flexibility index (Phi) is 6.82. The minimum absolute atomic E-state index is 0.676. The van der Waals surface area contributed by atoms with Crippen molar-refractivity contribution in [3.8, 4) is 0 Å². The summed E-state index contributed by atoms with van der Waals surface area (Å²) in [7, 11) is 0. The quantitative estimate of drug-likeness (QED) is 0.687. The lowest BCUT2D eigenvalue weighted by Gasteiger charge is -2.22. The van der Waals surface area contributed by atoms with Crippen molar-refractivity contribution < 1.29 is 9.47 Å². The third-order valence-electron chi connectivity index (χ3n) is 2.84. The molecule has 0 amide bonds. The van der Waals surface area contributed by atoms with Gasteiger partial charge in [0.15, 0.2) is 0 Å². The lowest BCUT2D eigenvalue weighted by atomic mass is 10.0. The molecular weight excluding hydrogens is 244 g/mol. The smallest absolute Gasteiger partial charge is 0.0502 e. The monoisotopic (exact) mass is 264 g/mol. The predicted octanol–water partition coefficient (Wildman–Crippen LogP) is 2.85. The molecule has 0 radical (unpaired) electrons. The van der Waals surface area contributed by atoms with E-state index in [1.54, 1.807) is 0 Å². The maximum atomic E-state index is 5.73. The lowest BCUT2D eigenvalue weighted by Crippen LogP contribution is -2.22. The molecule has 0 N–H and O–H groups in total. The van der Waals surface area contributed by atoms with Gasteiger partial charge in [0, 0.05) is 25.2 Å². The van der Waals surface area contributed by atoms with Gasteiger partial charge in [0.1, 0.15) is 0 Å². The fourth-order valence-electron chi connectivity index (χ4n) is 1.59. The maximum absolute atomic E-state index is 5.73. The van der Waals surface area contributed by atoms with Gasteiger partial charge in [-0.25, -0.2) is 0 Å². The summed E-state index contributed by atoms with van der Waals surface area (Å²) in [6.45, 7) is 5.88. The highest BCUT2D eigenvalue weighted by Gasteiger charge is 2.14. The van der Waals surface area contributed by atoms with Crippen LogP contribution < -0.4 is 0 Å². The molecule has 1 atom stereocenters. The summed E-state index contributed by atoms with van der Waals surface area (Å²) >= 11 is 3.50. The number of halogens is 1. The van der Waals surface area contributed by atoms with Gasteiger partial charge in [0.25, 0.3) is 0 Å². The van der Waals surface area contributed by atoms with E-state index in [1.165, 1.54) is 19.3 Å². The standard InChI is InChI=1S/C11H21BrO2/c1-2-10(7-12)8-14-9-11-3-5-13-6-4-11/h10-11H,2-9H2,1H3. The van der Waals surface area contributed by atoms with E-state index >= 15 is 0 Å². The Bertz CT molecular complexity index is 131. The van der Waals surface area contributed by atoms with E-state index in [9.17, 15) is 0 Å². The van der Waals surface area contributed by atoms with Gasteiger partial charge >= 0.3 is 0 Å². The second-order valence-electron chi connectivity index (χ2n) is 4.02. The summed E-state index contributed by atoms with van der Waals surface area (Å²) in [5, 5.41) is 1.05. The zero-order chi connectivity index (χ0) is 10.2. The molecule has 84 valence electrons. The third kappa shape index (κ3) is 4.76. The van der Waals surface area contributed by atoms with Gasteiger partial charge in [-0.3, -0.25) is 0 Å². The highest BCUT2D eigenvalue weighted by Crippen LogP contribution is 2.15. The fourth-order valence-corrected chi connectivity index (χ4v) is 2.23. The Morgan fingerprint density at radius 1 is 1.43 bits per heavy atom. The van der Waals surface area contributed by atoms with E-state index in [1.807, 2.05) is 0 Å². The van der Waals surface area contributed by atoms with Crippen LogP contribution in [0.5, 0.6) is 0 Å². The molecule has 3 heteroatoms. The van der Waals surface area contributed by atoms with E-state index in [0.717, 1.165) is 37.7 Å². The summed E-state index contributed by atoms with van der Waals surface area (Å²) in [5.41, 5.74) is 0. The van der Waals surface area contributed by atoms with Crippen molar-refractivity contribution in [2.75, 3.05) is 31.8 Å². The molecule has 1 unspecified atom stereocenters. The van der Waals surface area contributed by atoms with E-state index in [-0.39, 0.29) is 0 Å². The summed E-state index contributed by atoms with van der Waals surface area (Å²) in [5.74, 6) is 1.41. The summed E-state index contributed by atoms with van der Waals surface area (Å²) in [6, 6.07) is 0. The van der Waals surface area contributed by atoms with Gasteiger partial charge in [0.2, 0.25) is 0 Å². The second-order valence-corrected chi connectivity index (χ2v) is 4.67. The highest BCUT2D eigenvalue weighted by molar-refractivity contribution is 9.09. The van der Waals surface area contributed by atoms with Crippen LogP contribution in [0, 0.1) is 11.8 Å². The zero-order valence-corrected chi connectivity index (χ0v) is 10.6. The molecule has 0 saturated carbocycles. The normalized spacial score (nSPS) is 21.0. The van der Waals surface area contributed by atoms with Crippen LogP contribution in [-0.4, -0.2) is 31.8 Å². The van der Waals surface area contributed by atoms with Gasteiger partial charge in [-0.1, -0.05) is 29.3 Å². The topological polar surface area (TPSA) is 18.5 Å². The van der Waals surface area contributed by atoms with E-state index < -0.39 is 0 Å². The van der Waals surface area contributed by atoms with Gasteiger partial charge in [-0.15, -0.1) is 0 Å². The summed E-state index contributed by atoms with van der Waals surface area (Å²) in [4.78, 5) is 0. The molecule has 0 bridgehead atoms. The molecule has 1 fully saturated rings. The van der Waals surface area contributed by atoms with Crippen molar-refractivity contribution in [3.05, 3.63) is 0 Å². The highest BCUT2D eigenvalue weighted by atomic mass is 79.9. The molecule has 2 nitrogen and oxygen atoms in total. The van der Waals surface area contributed by atoms with Crippen molar-refractivity contribution in [1.82, 2.24) is 0 Å². The number of rotatable bonds is 6. The summed E-state index contributed by atoms with van der Waals surface area (Å²) < 4.78 is 11.0. The van der Waals surface area contributed by atoms with Crippen LogP contribution in [0.15, 0.2) is 0 Å². The molecule has 1 aliphatic heterocycles. The first-order chi connectivity index (χ1) is 6.86. The minimum Gasteiger partial charge on any atom is -0.381 e. The number of alkyl halides is 1. The largest absolute Gasteiger partial charge is 0.381 e. The maximum Gasteiger partial charge on any atom is 0.0502 e. The average Bonchev–Trinajstić information content (AvgIpc) is 2.26. The molecule has 1 saturated heterocycles. The molecule has 14 heavy (non-hydrogen) atoms. The van der Waals surface area contributed by atoms with Gasteiger partial charge < -0.3 is 9.47 Å². The summed E-state index contributed by atoms with van der Waals surface area (Å²) in [6.07, 6.45) is 3.54. The molecule has 1 heterocycles. The van der Waals surface area contributed by atoms with Crippen LogP contribution in [0.3, 0.4) is 0 Å². The first-order valence-corrected chi connectivity index (χ1v) is 6.70. The molecular formula is C11H21BrO2. The van der Waals surface area contributed by atoms with Crippen molar-refractivity contribution >= 4 is 15.9 Å². The van der Waals surface area contributed by atoms with Gasteiger partial charge in [0.05, 0.1) is 6.61 Å². The van der Waals surface area contributed by atoms with Crippen LogP contribution in [0.2, 0.25) is 0 Å². The van der Waals surface area contributed by atoms with Crippen molar-refractivity contribution in [3.63, 3.8) is 0 Å². The Balaban J connectivity index is 2.01. The van der Waals surface area contributed by atoms with Crippen LogP contribution in [0.4, 0.5) is 0 Å². The second kappa shape index (κ2) is 7.66. The van der Waals surface area contributed by atoms with Crippen molar-refractivity contribution in [1.29, 1.82) is 0 Å². The first-order valence-electron chi connectivity index (χ1n) is 5.58. The van der Waals surface area contributed by atoms with E-state index in [4.69, 9.17) is 9.47 Å². The number of ether oxygens (including phenoxy) is 2. The molecule has 0 spiro atoms. The Morgan fingerprint density at radius 2 is 2.14 bits per heavy atom. The molecule has 0 aromatic heterocycles. The van der Waals surface area contributed by atoms with Crippen LogP contribution >= 0.6 is 15.9 Å². The van der Waals surface area contributed by atoms with Gasteiger partial charge in [-0.05, 0) is 24.7 Å². The third-order valence-corrected chi connectivity index (χ3v) is 3.76. The van der Waals surface area contributed by atoms with Crippen LogP contribution in [0.1, 0.15) is 26.2 Å². The Hall–Kier alpha value is 0.400. The molecule has 1 aliphatic rings.